The van der Waals surface area contributed by atoms with Crippen molar-refractivity contribution in [3.63, 3.8) is 0 Å². The monoisotopic (exact) mass is 400 g/mol. The van der Waals surface area contributed by atoms with Crippen molar-refractivity contribution in [2.45, 2.75) is 18.6 Å². The van der Waals surface area contributed by atoms with Gasteiger partial charge in [0.2, 0.25) is 5.88 Å². The van der Waals surface area contributed by atoms with Crippen molar-refractivity contribution in [3.8, 4) is 5.88 Å². The third-order valence-electron chi connectivity index (χ3n) is 5.25. The first-order valence-corrected chi connectivity index (χ1v) is 9.56. The highest BCUT2D eigenvalue weighted by Gasteiger charge is 2.40. The number of benzene rings is 1. The summed E-state index contributed by atoms with van der Waals surface area (Å²) in [7, 11) is 3.18. The number of hydrogen-bond donors (Lipinski definition) is 1. The number of anilines is 1. The van der Waals surface area contributed by atoms with Gasteiger partial charge >= 0.3 is 0 Å². The average molecular weight is 400 g/mol. The summed E-state index contributed by atoms with van der Waals surface area (Å²) in [6.45, 7) is 2.42. The molecule has 1 spiro atoms. The van der Waals surface area contributed by atoms with E-state index in [0.29, 0.717) is 56.0 Å². The summed E-state index contributed by atoms with van der Waals surface area (Å²) in [4.78, 5) is 27.0. The molecule has 29 heavy (non-hydrogen) atoms. The molecule has 2 aliphatic heterocycles. The second-order valence-electron chi connectivity index (χ2n) is 7.16. The van der Waals surface area contributed by atoms with Gasteiger partial charge in [-0.25, -0.2) is 0 Å². The van der Waals surface area contributed by atoms with Crippen molar-refractivity contribution in [1.82, 2.24) is 14.7 Å². The molecule has 0 aliphatic carbocycles. The number of carbonyl (C=O) groups is 2. The maximum atomic E-state index is 12.8. The summed E-state index contributed by atoms with van der Waals surface area (Å²) in [5, 5.41) is 6.87. The fraction of sp³-hybridized carbons (Fsp3) is 0.450. The van der Waals surface area contributed by atoms with Gasteiger partial charge in [0.1, 0.15) is 5.56 Å². The molecule has 2 aliphatic rings. The van der Waals surface area contributed by atoms with Crippen LogP contribution in [0, 0.1) is 0 Å². The first-order valence-electron chi connectivity index (χ1n) is 9.56. The lowest BCUT2D eigenvalue weighted by atomic mass is 10.0. The predicted octanol–water partition coefficient (Wildman–Crippen LogP) is 1.66. The number of carbonyl (C=O) groups excluding carboxylic acids is 2. The number of aryl methyl sites for hydroxylation is 1. The molecule has 3 heterocycles. The minimum atomic E-state index is -0.502. The molecule has 2 aromatic rings. The van der Waals surface area contributed by atoms with Gasteiger partial charge in [-0.1, -0.05) is 0 Å². The number of nitrogens with one attached hydrogen (secondary N) is 1. The zero-order chi connectivity index (χ0) is 20.4. The van der Waals surface area contributed by atoms with Gasteiger partial charge in [0.15, 0.2) is 5.79 Å². The predicted molar refractivity (Wildman–Crippen MR) is 104 cm³/mol. The minimum absolute atomic E-state index is 0.0374. The Morgan fingerprint density at radius 2 is 1.79 bits per heavy atom. The summed E-state index contributed by atoms with van der Waals surface area (Å²) in [5.74, 6) is -0.607. The molecule has 1 N–H and O–H groups in total. The summed E-state index contributed by atoms with van der Waals surface area (Å²) in [6, 6.07) is 6.85. The van der Waals surface area contributed by atoms with Crippen LogP contribution < -0.4 is 10.1 Å². The topological polar surface area (TPSA) is 94.9 Å². The van der Waals surface area contributed by atoms with Crippen LogP contribution in [0.15, 0.2) is 30.5 Å². The molecule has 2 amide bonds. The Labute approximate surface area is 168 Å². The molecule has 0 saturated carbocycles. The third-order valence-corrected chi connectivity index (χ3v) is 5.25. The lowest BCUT2D eigenvalue weighted by Crippen LogP contribution is -2.47. The molecule has 4 rings (SSSR count). The average Bonchev–Trinajstić information content (AvgIpc) is 3.35. The smallest absolute Gasteiger partial charge is 0.262 e. The van der Waals surface area contributed by atoms with Crippen molar-refractivity contribution in [2.75, 3.05) is 38.7 Å². The van der Waals surface area contributed by atoms with Crippen LogP contribution in [0.2, 0.25) is 0 Å². The Morgan fingerprint density at radius 3 is 2.41 bits per heavy atom. The van der Waals surface area contributed by atoms with Crippen LogP contribution in [0.4, 0.5) is 5.69 Å². The molecule has 1 aromatic carbocycles. The maximum absolute atomic E-state index is 12.8. The molecule has 2 saturated heterocycles. The van der Waals surface area contributed by atoms with E-state index in [9.17, 15) is 9.59 Å². The van der Waals surface area contributed by atoms with Gasteiger partial charge < -0.3 is 24.4 Å². The molecule has 9 heteroatoms. The van der Waals surface area contributed by atoms with Crippen LogP contribution in [0.1, 0.15) is 33.6 Å². The molecular weight excluding hydrogens is 376 g/mol. The number of hydrogen-bond acceptors (Lipinski definition) is 6. The summed E-state index contributed by atoms with van der Waals surface area (Å²) in [6.07, 6.45) is 2.95. The molecule has 0 unspecified atom stereocenters. The van der Waals surface area contributed by atoms with Crippen LogP contribution in [-0.2, 0) is 16.5 Å². The molecule has 0 radical (unpaired) electrons. The van der Waals surface area contributed by atoms with Gasteiger partial charge in [0.05, 0.1) is 20.3 Å². The van der Waals surface area contributed by atoms with Gasteiger partial charge in [-0.2, -0.15) is 0 Å². The Bertz CT molecular complexity index is 892. The Morgan fingerprint density at radius 1 is 1.14 bits per heavy atom. The highest BCUT2D eigenvalue weighted by atomic mass is 16.7. The van der Waals surface area contributed by atoms with E-state index in [2.05, 4.69) is 10.4 Å². The Kier molecular flexibility index (Phi) is 5.25. The Balaban J connectivity index is 1.37. The number of rotatable bonds is 4. The van der Waals surface area contributed by atoms with Gasteiger partial charge in [-0.15, -0.1) is 5.10 Å². The summed E-state index contributed by atoms with van der Waals surface area (Å²) >= 11 is 0. The molecule has 9 nitrogen and oxygen atoms in total. The van der Waals surface area contributed by atoms with Crippen molar-refractivity contribution in [3.05, 3.63) is 41.6 Å². The molecule has 2 fully saturated rings. The van der Waals surface area contributed by atoms with E-state index in [0.717, 1.165) is 0 Å². The van der Waals surface area contributed by atoms with Crippen molar-refractivity contribution in [1.29, 1.82) is 0 Å². The van der Waals surface area contributed by atoms with Crippen molar-refractivity contribution < 1.29 is 23.8 Å². The third kappa shape index (κ3) is 3.96. The number of methoxy groups -OCH3 is 1. The van der Waals surface area contributed by atoms with Gasteiger partial charge in [-0.05, 0) is 24.3 Å². The Hall–Kier alpha value is -2.91. The molecule has 154 valence electrons. The van der Waals surface area contributed by atoms with Crippen LogP contribution in [0.5, 0.6) is 5.88 Å². The summed E-state index contributed by atoms with van der Waals surface area (Å²) < 4.78 is 18.0. The van der Waals surface area contributed by atoms with Crippen LogP contribution >= 0.6 is 0 Å². The standard InChI is InChI=1S/C20H24N4O5/c1-23-13-16(18(22-23)27-2)17(25)21-15-5-3-14(4-6-15)19(26)24-9-7-20(8-10-24)28-11-12-29-20/h3-6,13H,7-12H2,1-2H3,(H,21,25). The number of likely N-dealkylation sites (tertiary alicyclic amines) is 1. The normalized spacial score (nSPS) is 18.1. The van der Waals surface area contributed by atoms with Gasteiger partial charge in [-0.3, -0.25) is 14.3 Å². The van der Waals surface area contributed by atoms with E-state index < -0.39 is 5.79 Å². The fourth-order valence-electron chi connectivity index (χ4n) is 3.69. The van der Waals surface area contributed by atoms with E-state index in [1.54, 1.807) is 37.5 Å². The zero-order valence-corrected chi connectivity index (χ0v) is 16.5. The first kappa shape index (κ1) is 19.4. The highest BCUT2D eigenvalue weighted by Crippen LogP contribution is 2.31. The quantitative estimate of drug-likeness (QED) is 0.839. The zero-order valence-electron chi connectivity index (χ0n) is 16.5. The van der Waals surface area contributed by atoms with E-state index in [-0.39, 0.29) is 17.7 Å². The number of amides is 2. The highest BCUT2D eigenvalue weighted by molar-refractivity contribution is 6.06. The number of nitrogens with zero attached hydrogens (tertiary/aromatic N) is 3. The van der Waals surface area contributed by atoms with E-state index in [4.69, 9.17) is 14.2 Å². The lowest BCUT2D eigenvalue weighted by molar-refractivity contribution is -0.181. The molecule has 0 bridgehead atoms. The lowest BCUT2D eigenvalue weighted by Gasteiger charge is -2.37. The van der Waals surface area contributed by atoms with Crippen LogP contribution in [0.25, 0.3) is 0 Å². The van der Waals surface area contributed by atoms with Gasteiger partial charge in [0, 0.05) is 50.4 Å². The van der Waals surface area contributed by atoms with Crippen molar-refractivity contribution >= 4 is 17.5 Å². The second kappa shape index (κ2) is 7.84. The SMILES string of the molecule is COc1nn(C)cc1C(=O)Nc1ccc(C(=O)N2CCC3(CC2)OCCO3)cc1. The second-order valence-corrected chi connectivity index (χ2v) is 7.16. The number of ether oxygens (including phenoxy) is 3. The molecule has 0 atom stereocenters. The minimum Gasteiger partial charge on any atom is -0.479 e. The largest absolute Gasteiger partial charge is 0.479 e. The van der Waals surface area contributed by atoms with E-state index in [1.807, 2.05) is 4.90 Å². The van der Waals surface area contributed by atoms with Crippen LogP contribution in [-0.4, -0.2) is 65.7 Å². The first-order chi connectivity index (χ1) is 14.0. The van der Waals surface area contributed by atoms with Gasteiger partial charge in [0.25, 0.3) is 11.8 Å². The number of piperidine rings is 1. The van der Waals surface area contributed by atoms with E-state index in [1.165, 1.54) is 11.8 Å². The molecular formula is C20H24N4O5. The number of aromatic nitrogens is 2. The van der Waals surface area contributed by atoms with E-state index >= 15 is 0 Å². The maximum Gasteiger partial charge on any atom is 0.262 e. The van der Waals surface area contributed by atoms with Crippen LogP contribution in [0.3, 0.4) is 0 Å². The fourth-order valence-corrected chi connectivity index (χ4v) is 3.69. The van der Waals surface area contributed by atoms with Crippen molar-refractivity contribution in [2.24, 2.45) is 7.05 Å². The summed E-state index contributed by atoms with van der Waals surface area (Å²) in [5.41, 5.74) is 1.50. The molecule has 1 aromatic heterocycles.